The molecule has 1 aromatic rings. The summed E-state index contributed by atoms with van der Waals surface area (Å²) >= 11 is 0. The second kappa shape index (κ2) is 6.92. The number of carboxylic acid groups (broad SMARTS) is 1. The minimum Gasteiger partial charge on any atom is -0.480 e. The van der Waals surface area contributed by atoms with Gasteiger partial charge in [0.2, 0.25) is 0 Å². The lowest BCUT2D eigenvalue weighted by Crippen LogP contribution is -2.49. The quantitative estimate of drug-likeness (QED) is 0.865. The number of hydrogen-bond donors (Lipinski definition) is 1. The van der Waals surface area contributed by atoms with Gasteiger partial charge in [0, 0.05) is 6.54 Å². The summed E-state index contributed by atoms with van der Waals surface area (Å²) in [6, 6.07) is 8.96. The van der Waals surface area contributed by atoms with Crippen LogP contribution in [0.5, 0.6) is 0 Å². The first kappa shape index (κ1) is 15.1. The third-order valence-electron chi connectivity index (χ3n) is 3.72. The number of aliphatic carboxylic acids is 1. The molecule has 0 aromatic heterocycles. The molecule has 1 heterocycles. The molecule has 0 radical (unpaired) electrons. The lowest BCUT2D eigenvalue weighted by molar-refractivity contribution is -0.144. The highest BCUT2D eigenvalue weighted by atomic mass is 16.6. The van der Waals surface area contributed by atoms with Crippen molar-refractivity contribution in [3.8, 4) is 0 Å². The van der Waals surface area contributed by atoms with E-state index in [1.807, 2.05) is 30.3 Å². The van der Waals surface area contributed by atoms with E-state index < -0.39 is 18.1 Å². The van der Waals surface area contributed by atoms with Gasteiger partial charge in [-0.25, -0.2) is 9.59 Å². The smallest absolute Gasteiger partial charge is 0.410 e. The Hall–Kier alpha value is -2.30. The molecule has 1 fully saturated rings. The van der Waals surface area contributed by atoms with Crippen molar-refractivity contribution >= 4 is 12.1 Å². The Kier molecular flexibility index (Phi) is 4.98. The molecule has 5 heteroatoms. The summed E-state index contributed by atoms with van der Waals surface area (Å²) in [5.74, 6) is -0.845. The molecule has 0 unspecified atom stereocenters. The number of benzene rings is 1. The zero-order chi connectivity index (χ0) is 15.2. The van der Waals surface area contributed by atoms with Crippen LogP contribution in [0.3, 0.4) is 0 Å². The first-order valence-corrected chi connectivity index (χ1v) is 6.95. The molecule has 21 heavy (non-hydrogen) atoms. The van der Waals surface area contributed by atoms with E-state index in [2.05, 4.69) is 6.58 Å². The lowest BCUT2D eigenvalue weighted by atomic mass is 9.85. The minimum absolute atomic E-state index is 0.0871. The Morgan fingerprint density at radius 1 is 1.38 bits per heavy atom. The minimum atomic E-state index is -0.994. The molecular formula is C16H19NO4. The number of carbonyl (C=O) groups is 2. The average Bonchev–Trinajstić information content (AvgIpc) is 2.52. The zero-order valence-electron chi connectivity index (χ0n) is 11.8. The van der Waals surface area contributed by atoms with Gasteiger partial charge in [-0.1, -0.05) is 43.0 Å². The number of carbonyl (C=O) groups excluding carboxylic acids is 1. The summed E-state index contributed by atoms with van der Waals surface area (Å²) in [5, 5.41) is 9.38. The first-order chi connectivity index (χ1) is 10.1. The first-order valence-electron chi connectivity index (χ1n) is 6.95. The fourth-order valence-electron chi connectivity index (χ4n) is 2.66. The standard InChI is InChI=1S/C16H19NO4/c1-2-10-21-16(20)17-9-8-13(11-14(17)15(18)19)12-6-4-3-5-7-12/h2-7,13-14H,1,8-11H2,(H,18,19)/t13-,14+/m1/s1. The van der Waals surface area contributed by atoms with Crippen molar-refractivity contribution in [3.05, 3.63) is 48.6 Å². The van der Waals surface area contributed by atoms with E-state index in [0.29, 0.717) is 13.0 Å². The third kappa shape index (κ3) is 3.62. The molecular weight excluding hydrogens is 270 g/mol. The maximum Gasteiger partial charge on any atom is 0.410 e. The van der Waals surface area contributed by atoms with Gasteiger partial charge in [0.25, 0.3) is 0 Å². The van der Waals surface area contributed by atoms with Crippen LogP contribution in [0.1, 0.15) is 24.3 Å². The molecule has 1 saturated heterocycles. The van der Waals surface area contributed by atoms with Gasteiger partial charge in [0.05, 0.1) is 0 Å². The van der Waals surface area contributed by atoms with E-state index in [0.717, 1.165) is 12.0 Å². The molecule has 0 aliphatic carbocycles. The van der Waals surface area contributed by atoms with E-state index in [-0.39, 0.29) is 12.5 Å². The summed E-state index contributed by atoms with van der Waals surface area (Å²) in [6.07, 6.45) is 2.01. The van der Waals surface area contributed by atoms with Crippen molar-refractivity contribution < 1.29 is 19.4 Å². The van der Waals surface area contributed by atoms with E-state index >= 15 is 0 Å². The van der Waals surface area contributed by atoms with E-state index in [1.54, 1.807) is 0 Å². The number of hydrogen-bond acceptors (Lipinski definition) is 3. The van der Waals surface area contributed by atoms with Crippen LogP contribution in [0.4, 0.5) is 4.79 Å². The van der Waals surface area contributed by atoms with Gasteiger partial charge in [-0.15, -0.1) is 0 Å². The number of nitrogens with zero attached hydrogens (tertiary/aromatic N) is 1. The Morgan fingerprint density at radius 3 is 2.71 bits per heavy atom. The second-order valence-electron chi connectivity index (χ2n) is 5.05. The number of likely N-dealkylation sites (tertiary alicyclic amines) is 1. The maximum atomic E-state index is 11.9. The predicted octanol–water partition coefficient (Wildman–Crippen LogP) is 2.64. The van der Waals surface area contributed by atoms with Crippen molar-refractivity contribution in [3.63, 3.8) is 0 Å². The van der Waals surface area contributed by atoms with Crippen molar-refractivity contribution in [2.75, 3.05) is 13.2 Å². The van der Waals surface area contributed by atoms with Gasteiger partial charge in [0.1, 0.15) is 12.6 Å². The predicted molar refractivity (Wildman–Crippen MR) is 78.1 cm³/mol. The largest absolute Gasteiger partial charge is 0.480 e. The Bertz CT molecular complexity index is 514. The van der Waals surface area contributed by atoms with Crippen LogP contribution in [0.15, 0.2) is 43.0 Å². The molecule has 1 N–H and O–H groups in total. The molecule has 5 nitrogen and oxygen atoms in total. The summed E-state index contributed by atoms with van der Waals surface area (Å²) in [4.78, 5) is 24.7. The molecule has 1 aliphatic heterocycles. The van der Waals surface area contributed by atoms with Gasteiger partial charge in [-0.05, 0) is 24.3 Å². The maximum absolute atomic E-state index is 11.9. The highest BCUT2D eigenvalue weighted by molar-refractivity contribution is 5.80. The number of amides is 1. The Labute approximate surface area is 123 Å². The van der Waals surface area contributed by atoms with Crippen molar-refractivity contribution in [1.29, 1.82) is 0 Å². The molecule has 1 aliphatic rings. The fourth-order valence-corrected chi connectivity index (χ4v) is 2.66. The summed E-state index contributed by atoms with van der Waals surface area (Å²) in [6.45, 7) is 3.94. The normalized spacial score (nSPS) is 21.6. The number of ether oxygens (including phenoxy) is 1. The van der Waals surface area contributed by atoms with E-state index in [9.17, 15) is 14.7 Å². The summed E-state index contributed by atoms with van der Waals surface area (Å²) < 4.78 is 4.96. The highest BCUT2D eigenvalue weighted by Gasteiger charge is 2.37. The highest BCUT2D eigenvalue weighted by Crippen LogP contribution is 2.32. The molecule has 112 valence electrons. The van der Waals surface area contributed by atoms with Crippen molar-refractivity contribution in [2.45, 2.75) is 24.8 Å². The Morgan fingerprint density at radius 2 is 2.10 bits per heavy atom. The number of carboxylic acids is 1. The number of piperidine rings is 1. The van der Waals surface area contributed by atoms with Gasteiger partial charge in [-0.3, -0.25) is 4.90 Å². The van der Waals surface area contributed by atoms with Crippen LogP contribution in [0.25, 0.3) is 0 Å². The second-order valence-corrected chi connectivity index (χ2v) is 5.05. The van der Waals surface area contributed by atoms with Crippen LogP contribution in [0.2, 0.25) is 0 Å². The third-order valence-corrected chi connectivity index (χ3v) is 3.72. The molecule has 0 saturated carbocycles. The van der Waals surface area contributed by atoms with E-state index in [4.69, 9.17) is 4.74 Å². The molecule has 1 amide bonds. The van der Waals surface area contributed by atoms with Gasteiger partial charge >= 0.3 is 12.1 Å². The lowest BCUT2D eigenvalue weighted by Gasteiger charge is -2.36. The Balaban J connectivity index is 2.09. The molecule has 0 bridgehead atoms. The molecule has 2 atom stereocenters. The van der Waals surface area contributed by atoms with Gasteiger partial charge in [0.15, 0.2) is 0 Å². The van der Waals surface area contributed by atoms with Crippen molar-refractivity contribution in [2.24, 2.45) is 0 Å². The fraction of sp³-hybridized carbons (Fsp3) is 0.375. The van der Waals surface area contributed by atoms with E-state index in [1.165, 1.54) is 11.0 Å². The van der Waals surface area contributed by atoms with Crippen LogP contribution < -0.4 is 0 Å². The van der Waals surface area contributed by atoms with Crippen LogP contribution in [-0.4, -0.2) is 41.3 Å². The van der Waals surface area contributed by atoms with Crippen LogP contribution in [0, 0.1) is 0 Å². The SMILES string of the molecule is C=CCOC(=O)N1CC[C@@H](c2ccccc2)C[C@H]1C(=O)O. The van der Waals surface area contributed by atoms with Gasteiger partial charge < -0.3 is 9.84 Å². The molecule has 0 spiro atoms. The zero-order valence-corrected chi connectivity index (χ0v) is 11.8. The van der Waals surface area contributed by atoms with Crippen molar-refractivity contribution in [1.82, 2.24) is 4.90 Å². The summed E-state index contributed by atoms with van der Waals surface area (Å²) in [5.41, 5.74) is 1.11. The molecule has 1 aromatic carbocycles. The van der Waals surface area contributed by atoms with Gasteiger partial charge in [-0.2, -0.15) is 0 Å². The number of rotatable bonds is 4. The summed E-state index contributed by atoms with van der Waals surface area (Å²) in [7, 11) is 0. The topological polar surface area (TPSA) is 66.8 Å². The monoisotopic (exact) mass is 289 g/mol. The average molecular weight is 289 g/mol. The van der Waals surface area contributed by atoms with Crippen LogP contribution >= 0.6 is 0 Å². The van der Waals surface area contributed by atoms with Crippen LogP contribution in [-0.2, 0) is 9.53 Å². The molecule has 2 rings (SSSR count).